The number of rotatable bonds is 8. The SMILES string of the molecule is CNS(=O)(=O)c1cccc(CNC(=O)CCSc2ccccc2Br)c1. The molecule has 2 N–H and O–H groups in total. The Hall–Kier alpha value is -1.35. The molecule has 0 radical (unpaired) electrons. The van der Waals surface area contributed by atoms with Gasteiger partial charge in [0.1, 0.15) is 0 Å². The number of hydrogen-bond acceptors (Lipinski definition) is 4. The van der Waals surface area contributed by atoms with Gasteiger partial charge in [0.25, 0.3) is 0 Å². The van der Waals surface area contributed by atoms with Crippen molar-refractivity contribution in [2.75, 3.05) is 12.8 Å². The van der Waals surface area contributed by atoms with Gasteiger partial charge in [-0.1, -0.05) is 24.3 Å². The Morgan fingerprint density at radius 2 is 1.92 bits per heavy atom. The summed E-state index contributed by atoms with van der Waals surface area (Å²) in [4.78, 5) is 13.2. The molecule has 0 fully saturated rings. The van der Waals surface area contributed by atoms with Gasteiger partial charge in [0.05, 0.1) is 4.90 Å². The van der Waals surface area contributed by atoms with E-state index >= 15 is 0 Å². The first-order valence-electron chi connectivity index (χ1n) is 7.59. The van der Waals surface area contributed by atoms with Gasteiger partial charge in [-0.2, -0.15) is 0 Å². The van der Waals surface area contributed by atoms with Crippen molar-refractivity contribution >= 4 is 43.6 Å². The maximum absolute atomic E-state index is 12.0. The minimum absolute atomic E-state index is 0.0681. The molecule has 2 aromatic rings. The molecular formula is C17H19BrN2O3S2. The summed E-state index contributed by atoms with van der Waals surface area (Å²) in [5.41, 5.74) is 0.739. The zero-order valence-electron chi connectivity index (χ0n) is 13.7. The van der Waals surface area contributed by atoms with Crippen LogP contribution in [0.2, 0.25) is 0 Å². The lowest BCUT2D eigenvalue weighted by molar-refractivity contribution is -0.120. The summed E-state index contributed by atoms with van der Waals surface area (Å²) in [6.07, 6.45) is 0.389. The fourth-order valence-corrected chi connectivity index (χ4v) is 4.36. The Morgan fingerprint density at radius 3 is 2.64 bits per heavy atom. The van der Waals surface area contributed by atoms with Gasteiger partial charge in [-0.25, -0.2) is 13.1 Å². The van der Waals surface area contributed by atoms with Crippen LogP contribution in [-0.4, -0.2) is 27.1 Å². The second-order valence-electron chi connectivity index (χ2n) is 5.16. The summed E-state index contributed by atoms with van der Waals surface area (Å²) in [5.74, 6) is 0.601. The maximum atomic E-state index is 12.0. The molecule has 0 unspecified atom stereocenters. The number of amides is 1. The zero-order chi connectivity index (χ0) is 18.3. The third-order valence-electron chi connectivity index (χ3n) is 3.39. The van der Waals surface area contributed by atoms with Crippen LogP contribution in [0.15, 0.2) is 62.8 Å². The van der Waals surface area contributed by atoms with Crippen LogP contribution < -0.4 is 10.0 Å². The Bertz CT molecular complexity index is 841. The third kappa shape index (κ3) is 6.14. The molecule has 8 heteroatoms. The van der Waals surface area contributed by atoms with Crippen LogP contribution in [0.4, 0.5) is 0 Å². The average molecular weight is 443 g/mol. The summed E-state index contributed by atoms with van der Waals surface area (Å²) in [6.45, 7) is 0.297. The number of hydrogen-bond donors (Lipinski definition) is 2. The highest BCUT2D eigenvalue weighted by Crippen LogP contribution is 2.27. The van der Waals surface area contributed by atoms with Crippen molar-refractivity contribution in [3.05, 3.63) is 58.6 Å². The van der Waals surface area contributed by atoms with Crippen LogP contribution in [0.1, 0.15) is 12.0 Å². The van der Waals surface area contributed by atoms with Crippen LogP contribution in [0.5, 0.6) is 0 Å². The molecule has 0 bridgehead atoms. The van der Waals surface area contributed by atoms with Crippen LogP contribution in [0.25, 0.3) is 0 Å². The van der Waals surface area contributed by atoms with Crippen molar-refractivity contribution in [2.45, 2.75) is 22.8 Å². The smallest absolute Gasteiger partial charge is 0.240 e. The zero-order valence-corrected chi connectivity index (χ0v) is 16.9. The molecule has 0 aliphatic rings. The molecule has 2 aromatic carbocycles. The first-order chi connectivity index (χ1) is 11.9. The first kappa shape index (κ1) is 20.0. The average Bonchev–Trinajstić information content (AvgIpc) is 2.62. The Morgan fingerprint density at radius 1 is 1.16 bits per heavy atom. The van der Waals surface area contributed by atoms with Crippen molar-refractivity contribution in [1.82, 2.24) is 10.0 Å². The van der Waals surface area contributed by atoms with Gasteiger partial charge >= 0.3 is 0 Å². The predicted molar refractivity (Wildman–Crippen MR) is 104 cm³/mol. The monoisotopic (exact) mass is 442 g/mol. The molecule has 0 saturated heterocycles. The number of sulfonamides is 1. The van der Waals surface area contributed by atoms with Gasteiger partial charge in [0, 0.05) is 28.1 Å². The lowest BCUT2D eigenvalue weighted by atomic mass is 10.2. The number of nitrogens with one attached hydrogen (secondary N) is 2. The Kier molecular flexibility index (Phi) is 7.49. The standard InChI is InChI=1S/C17H19BrN2O3S2/c1-19-25(22,23)14-6-4-5-13(11-14)12-20-17(21)9-10-24-16-8-3-2-7-15(16)18/h2-8,11,19H,9-10,12H2,1H3,(H,20,21). The highest BCUT2D eigenvalue weighted by molar-refractivity contribution is 9.10. The van der Waals surface area contributed by atoms with Crippen molar-refractivity contribution in [1.29, 1.82) is 0 Å². The largest absolute Gasteiger partial charge is 0.352 e. The minimum atomic E-state index is -3.48. The normalized spacial score (nSPS) is 11.3. The van der Waals surface area contributed by atoms with E-state index in [4.69, 9.17) is 0 Å². The summed E-state index contributed by atoms with van der Waals surface area (Å²) in [6, 6.07) is 14.4. The molecule has 0 aliphatic heterocycles. The fraction of sp³-hybridized carbons (Fsp3) is 0.235. The van der Waals surface area contributed by atoms with E-state index in [0.717, 1.165) is 14.9 Å². The Labute approximate surface area is 160 Å². The molecule has 0 saturated carbocycles. The van der Waals surface area contributed by atoms with E-state index in [1.807, 2.05) is 24.3 Å². The minimum Gasteiger partial charge on any atom is -0.352 e. The van der Waals surface area contributed by atoms with Gasteiger partial charge in [0.2, 0.25) is 15.9 Å². The molecule has 0 spiro atoms. The van der Waals surface area contributed by atoms with E-state index in [1.165, 1.54) is 13.1 Å². The molecule has 0 atom stereocenters. The lowest BCUT2D eigenvalue weighted by Gasteiger charge is -2.08. The molecule has 2 rings (SSSR count). The van der Waals surface area contributed by atoms with Crippen molar-refractivity contribution < 1.29 is 13.2 Å². The van der Waals surface area contributed by atoms with E-state index in [2.05, 4.69) is 26.0 Å². The van der Waals surface area contributed by atoms with Crippen LogP contribution in [-0.2, 0) is 21.4 Å². The van der Waals surface area contributed by atoms with Crippen LogP contribution in [0.3, 0.4) is 0 Å². The quantitative estimate of drug-likeness (QED) is 0.615. The van der Waals surface area contributed by atoms with Crippen molar-refractivity contribution in [2.24, 2.45) is 0 Å². The Balaban J connectivity index is 1.82. The molecule has 25 heavy (non-hydrogen) atoms. The van der Waals surface area contributed by atoms with Gasteiger partial charge in [-0.3, -0.25) is 4.79 Å². The molecule has 134 valence electrons. The van der Waals surface area contributed by atoms with Gasteiger partial charge < -0.3 is 5.32 Å². The number of halogens is 1. The van der Waals surface area contributed by atoms with E-state index in [0.29, 0.717) is 18.7 Å². The van der Waals surface area contributed by atoms with Crippen molar-refractivity contribution in [3.63, 3.8) is 0 Å². The van der Waals surface area contributed by atoms with E-state index in [1.54, 1.807) is 30.0 Å². The second-order valence-corrected chi connectivity index (χ2v) is 9.04. The molecule has 1 amide bonds. The van der Waals surface area contributed by atoms with Crippen LogP contribution in [0, 0.1) is 0 Å². The van der Waals surface area contributed by atoms with Gasteiger partial charge in [-0.15, -0.1) is 11.8 Å². The summed E-state index contributed by atoms with van der Waals surface area (Å²) in [7, 11) is -2.11. The lowest BCUT2D eigenvalue weighted by Crippen LogP contribution is -2.23. The fourth-order valence-electron chi connectivity index (χ4n) is 2.04. The number of carbonyl (C=O) groups is 1. The van der Waals surface area contributed by atoms with E-state index in [9.17, 15) is 13.2 Å². The number of thioether (sulfide) groups is 1. The van der Waals surface area contributed by atoms with Gasteiger partial charge in [0.15, 0.2) is 0 Å². The van der Waals surface area contributed by atoms with Crippen LogP contribution >= 0.6 is 27.7 Å². The molecule has 5 nitrogen and oxygen atoms in total. The predicted octanol–water partition coefficient (Wildman–Crippen LogP) is 3.16. The number of benzene rings is 2. The molecule has 0 heterocycles. The second kappa shape index (κ2) is 9.38. The van der Waals surface area contributed by atoms with Gasteiger partial charge in [-0.05, 0) is 52.8 Å². The van der Waals surface area contributed by atoms with E-state index in [-0.39, 0.29) is 10.8 Å². The highest BCUT2D eigenvalue weighted by atomic mass is 79.9. The number of carbonyl (C=O) groups excluding carboxylic acids is 1. The van der Waals surface area contributed by atoms with E-state index < -0.39 is 10.0 Å². The maximum Gasteiger partial charge on any atom is 0.240 e. The topological polar surface area (TPSA) is 75.3 Å². The summed E-state index contributed by atoms with van der Waals surface area (Å²) in [5, 5.41) is 2.82. The highest BCUT2D eigenvalue weighted by Gasteiger charge is 2.11. The molecule has 0 aromatic heterocycles. The molecular weight excluding hydrogens is 424 g/mol. The first-order valence-corrected chi connectivity index (χ1v) is 10.8. The third-order valence-corrected chi connectivity index (χ3v) is 6.83. The van der Waals surface area contributed by atoms with Crippen molar-refractivity contribution in [3.8, 4) is 0 Å². The summed E-state index contributed by atoms with van der Waals surface area (Å²) >= 11 is 5.09. The summed E-state index contributed by atoms with van der Waals surface area (Å²) < 4.78 is 26.9. The molecule has 0 aliphatic carbocycles.